The second-order valence-electron chi connectivity index (χ2n) is 7.99. The molecular formula is C25H29ClN2O5S. The van der Waals surface area contributed by atoms with Crippen LogP contribution in [0.15, 0.2) is 64.4 Å². The van der Waals surface area contributed by atoms with Gasteiger partial charge >= 0.3 is 11.9 Å². The lowest BCUT2D eigenvalue weighted by Crippen LogP contribution is -2.48. The summed E-state index contributed by atoms with van der Waals surface area (Å²) in [6.07, 6.45) is 2.17. The monoisotopic (exact) mass is 504 g/mol. The largest absolute Gasteiger partial charge is 0.478 e. The zero-order valence-electron chi connectivity index (χ0n) is 19.0. The highest BCUT2D eigenvalue weighted by Crippen LogP contribution is 2.43. The molecule has 2 N–H and O–H groups in total. The number of halogens is 1. The first-order valence-electron chi connectivity index (χ1n) is 11.0. The molecule has 182 valence electrons. The summed E-state index contributed by atoms with van der Waals surface area (Å²) in [6.45, 7) is 6.22. The fourth-order valence-corrected chi connectivity index (χ4v) is 5.36. The minimum absolute atomic E-state index is 0.393. The summed E-state index contributed by atoms with van der Waals surface area (Å²) in [5.74, 6) is -2.51. The van der Waals surface area contributed by atoms with Gasteiger partial charge in [-0.25, -0.2) is 9.59 Å². The fraction of sp³-hybridized carbons (Fsp3) is 0.360. The Morgan fingerprint density at radius 1 is 1.06 bits per heavy atom. The summed E-state index contributed by atoms with van der Waals surface area (Å²) in [5, 5.41) is 16.5. The maximum absolute atomic E-state index is 9.55. The van der Waals surface area contributed by atoms with Crippen LogP contribution in [0.2, 0.25) is 5.02 Å². The Kier molecular flexibility index (Phi) is 9.98. The zero-order chi connectivity index (χ0) is 24.5. The number of ether oxygens (including phenoxy) is 1. The van der Waals surface area contributed by atoms with Crippen molar-refractivity contribution in [2.45, 2.75) is 22.3 Å². The van der Waals surface area contributed by atoms with Crippen LogP contribution in [0, 0.1) is 0 Å². The number of hydrogen-bond acceptors (Lipinski definition) is 6. The van der Waals surface area contributed by atoms with Crippen LogP contribution >= 0.6 is 23.4 Å². The SMILES string of the molecule is COCCN1CCN(C2Cc3ccccc3Sc3ccc(Cl)cc32)CC1.O=C(O)/C=C\C(=O)O. The van der Waals surface area contributed by atoms with Crippen molar-refractivity contribution in [1.29, 1.82) is 0 Å². The molecule has 1 atom stereocenters. The van der Waals surface area contributed by atoms with Gasteiger partial charge in [0.15, 0.2) is 0 Å². The van der Waals surface area contributed by atoms with Gasteiger partial charge in [0.25, 0.3) is 0 Å². The molecule has 2 aliphatic rings. The second kappa shape index (κ2) is 12.9. The molecular weight excluding hydrogens is 476 g/mol. The molecule has 0 bridgehead atoms. The van der Waals surface area contributed by atoms with Gasteiger partial charge in [0, 0.05) is 72.8 Å². The number of rotatable bonds is 6. The summed E-state index contributed by atoms with van der Waals surface area (Å²) in [4.78, 5) is 27.0. The molecule has 4 rings (SSSR count). The number of carboxylic acids is 2. The van der Waals surface area contributed by atoms with Crippen molar-refractivity contribution in [3.05, 3.63) is 70.8 Å². The Bertz CT molecular complexity index is 1010. The van der Waals surface area contributed by atoms with Crippen LogP contribution in [0.3, 0.4) is 0 Å². The van der Waals surface area contributed by atoms with E-state index in [1.807, 2.05) is 17.8 Å². The summed E-state index contributed by atoms with van der Waals surface area (Å²) < 4.78 is 5.23. The molecule has 2 aromatic carbocycles. The van der Waals surface area contributed by atoms with Gasteiger partial charge in [-0.3, -0.25) is 9.80 Å². The van der Waals surface area contributed by atoms with Gasteiger partial charge < -0.3 is 14.9 Å². The predicted octanol–water partition coefficient (Wildman–Crippen LogP) is 4.06. The molecule has 1 saturated heterocycles. The summed E-state index contributed by atoms with van der Waals surface area (Å²) in [6, 6.07) is 15.6. The first-order chi connectivity index (χ1) is 16.4. The molecule has 2 heterocycles. The van der Waals surface area contributed by atoms with Crippen molar-refractivity contribution in [3.63, 3.8) is 0 Å². The molecule has 0 spiro atoms. The lowest BCUT2D eigenvalue weighted by molar-refractivity contribution is -0.134. The molecule has 7 nitrogen and oxygen atoms in total. The quantitative estimate of drug-likeness (QED) is 0.569. The average Bonchev–Trinajstić information content (AvgIpc) is 2.99. The van der Waals surface area contributed by atoms with E-state index in [2.05, 4.69) is 46.2 Å². The van der Waals surface area contributed by atoms with E-state index in [1.54, 1.807) is 7.11 Å². The van der Waals surface area contributed by atoms with E-state index in [0.717, 1.165) is 50.8 Å². The maximum atomic E-state index is 9.55. The molecule has 34 heavy (non-hydrogen) atoms. The second-order valence-corrected chi connectivity index (χ2v) is 9.51. The smallest absolute Gasteiger partial charge is 0.328 e. The highest BCUT2D eigenvalue weighted by atomic mass is 35.5. The number of hydrogen-bond donors (Lipinski definition) is 2. The minimum Gasteiger partial charge on any atom is -0.478 e. The van der Waals surface area contributed by atoms with Crippen LogP contribution in [0.25, 0.3) is 0 Å². The topological polar surface area (TPSA) is 90.3 Å². The number of fused-ring (bicyclic) bond motifs is 2. The van der Waals surface area contributed by atoms with Gasteiger partial charge in [-0.1, -0.05) is 41.6 Å². The number of nitrogens with zero attached hydrogens (tertiary/aromatic N) is 2. The van der Waals surface area contributed by atoms with Gasteiger partial charge in [0.1, 0.15) is 0 Å². The Morgan fingerprint density at radius 3 is 2.38 bits per heavy atom. The molecule has 9 heteroatoms. The number of benzene rings is 2. The Morgan fingerprint density at radius 2 is 1.74 bits per heavy atom. The molecule has 1 fully saturated rings. The van der Waals surface area contributed by atoms with E-state index in [4.69, 9.17) is 26.6 Å². The van der Waals surface area contributed by atoms with E-state index in [1.165, 1.54) is 20.9 Å². The fourth-order valence-electron chi connectivity index (χ4n) is 4.07. The highest BCUT2D eigenvalue weighted by molar-refractivity contribution is 7.99. The normalized spacial score (nSPS) is 18.4. The number of piperazine rings is 1. The molecule has 2 aromatic rings. The molecule has 0 radical (unpaired) electrons. The van der Waals surface area contributed by atoms with Crippen molar-refractivity contribution >= 4 is 35.3 Å². The standard InChI is InChI=1S/C21H25ClN2OS.C4H4O4/c1-25-13-12-23-8-10-24(11-9-23)19-14-16-4-2-3-5-20(16)26-21-7-6-17(22)15-18(19)21;5-3(6)1-2-4(7)8/h2-7,15,19H,8-14H2,1H3;1-2H,(H,5,6)(H,7,8)/b;2-1-. The van der Waals surface area contributed by atoms with Gasteiger partial charge in [0.05, 0.1) is 6.61 Å². The third kappa shape index (κ3) is 7.58. The summed E-state index contributed by atoms with van der Waals surface area (Å²) in [5.41, 5.74) is 2.82. The number of methoxy groups -OCH3 is 1. The van der Waals surface area contributed by atoms with Crippen molar-refractivity contribution in [3.8, 4) is 0 Å². The molecule has 1 unspecified atom stereocenters. The van der Waals surface area contributed by atoms with E-state index in [0.29, 0.717) is 18.2 Å². The summed E-state index contributed by atoms with van der Waals surface area (Å²) >= 11 is 8.26. The lowest BCUT2D eigenvalue weighted by Gasteiger charge is -2.39. The predicted molar refractivity (Wildman–Crippen MR) is 133 cm³/mol. The van der Waals surface area contributed by atoms with Crippen LogP contribution in [0.5, 0.6) is 0 Å². The molecule has 0 saturated carbocycles. The lowest BCUT2D eigenvalue weighted by atomic mass is 9.96. The van der Waals surface area contributed by atoms with E-state index in [9.17, 15) is 9.59 Å². The Labute approximate surface area is 209 Å². The molecule has 0 aromatic heterocycles. The molecule has 0 aliphatic carbocycles. The van der Waals surface area contributed by atoms with Gasteiger partial charge in [-0.2, -0.15) is 0 Å². The van der Waals surface area contributed by atoms with Crippen LogP contribution in [0.4, 0.5) is 0 Å². The van der Waals surface area contributed by atoms with Gasteiger partial charge in [-0.05, 0) is 41.8 Å². The van der Waals surface area contributed by atoms with Gasteiger partial charge in [-0.15, -0.1) is 0 Å². The number of carbonyl (C=O) groups is 2. The molecule has 2 aliphatic heterocycles. The zero-order valence-corrected chi connectivity index (χ0v) is 20.6. The highest BCUT2D eigenvalue weighted by Gasteiger charge is 2.30. The number of aliphatic carboxylic acids is 2. The van der Waals surface area contributed by atoms with Crippen molar-refractivity contribution < 1.29 is 24.5 Å². The third-order valence-corrected chi connectivity index (χ3v) is 7.21. The van der Waals surface area contributed by atoms with Crippen LogP contribution in [-0.2, 0) is 20.7 Å². The van der Waals surface area contributed by atoms with E-state index >= 15 is 0 Å². The first kappa shape index (κ1) is 26.2. The Hall–Kier alpha value is -2.36. The maximum Gasteiger partial charge on any atom is 0.328 e. The van der Waals surface area contributed by atoms with Crippen molar-refractivity contribution in [2.75, 3.05) is 46.4 Å². The van der Waals surface area contributed by atoms with Crippen molar-refractivity contribution in [2.24, 2.45) is 0 Å². The third-order valence-electron chi connectivity index (χ3n) is 5.76. The number of carboxylic acid groups (broad SMARTS) is 2. The van der Waals surface area contributed by atoms with E-state index < -0.39 is 11.9 Å². The van der Waals surface area contributed by atoms with Gasteiger partial charge in [0.2, 0.25) is 0 Å². The van der Waals surface area contributed by atoms with Crippen LogP contribution in [-0.4, -0.2) is 78.4 Å². The molecule has 0 amide bonds. The minimum atomic E-state index is -1.26. The van der Waals surface area contributed by atoms with E-state index in [-0.39, 0.29) is 0 Å². The van der Waals surface area contributed by atoms with Crippen molar-refractivity contribution in [1.82, 2.24) is 9.80 Å². The van der Waals surface area contributed by atoms with Crippen LogP contribution in [0.1, 0.15) is 17.2 Å². The van der Waals surface area contributed by atoms with Crippen LogP contribution < -0.4 is 0 Å². The average molecular weight is 505 g/mol. The first-order valence-corrected chi connectivity index (χ1v) is 12.2. The Balaban J connectivity index is 0.000000350. The summed E-state index contributed by atoms with van der Waals surface area (Å²) in [7, 11) is 1.78.